The number of carboxylic acids is 1. The first-order valence-electron chi connectivity index (χ1n) is 8.80. The third-order valence-corrected chi connectivity index (χ3v) is 6.43. The number of carboxylic acid groups (broad SMARTS) is 1. The number of nitrogens with one attached hydrogen (secondary N) is 2. The van der Waals surface area contributed by atoms with Crippen molar-refractivity contribution in [3.05, 3.63) is 34.8 Å². The van der Waals surface area contributed by atoms with Gasteiger partial charge in [-0.25, -0.2) is 18.2 Å². The van der Waals surface area contributed by atoms with Crippen molar-refractivity contribution in [3.8, 4) is 5.75 Å². The van der Waals surface area contributed by atoms with Gasteiger partial charge in [-0.2, -0.15) is 13.2 Å². The smallest absolute Gasteiger partial charge is 0.489 e. The normalized spacial score (nSPS) is 19.1. The summed E-state index contributed by atoms with van der Waals surface area (Å²) in [4.78, 5) is 12.9. The Morgan fingerprint density at radius 3 is 2.61 bits per heavy atom. The van der Waals surface area contributed by atoms with Crippen LogP contribution in [0.2, 0.25) is 5.02 Å². The van der Waals surface area contributed by atoms with E-state index >= 15 is 0 Å². The van der Waals surface area contributed by atoms with Crippen LogP contribution in [0.5, 0.6) is 5.75 Å². The molecule has 2 aromatic rings. The number of hydrogen-bond donors (Lipinski definition) is 3. The van der Waals surface area contributed by atoms with Crippen LogP contribution in [-0.4, -0.2) is 49.3 Å². The number of carbonyl (C=O) groups is 1. The van der Waals surface area contributed by atoms with E-state index in [1.54, 1.807) is 11.4 Å². The summed E-state index contributed by atoms with van der Waals surface area (Å²) in [5, 5.41) is 12.8. The number of thiazole rings is 1. The van der Waals surface area contributed by atoms with Crippen molar-refractivity contribution in [2.24, 2.45) is 0 Å². The van der Waals surface area contributed by atoms with Gasteiger partial charge < -0.3 is 15.2 Å². The molecular formula is C17H19ClF3N3O5S2. The summed E-state index contributed by atoms with van der Waals surface area (Å²) in [5.74, 6) is -2.25. The van der Waals surface area contributed by atoms with Gasteiger partial charge in [0.2, 0.25) is 0 Å². The Balaban J connectivity index is 0.000000423. The van der Waals surface area contributed by atoms with Crippen molar-refractivity contribution < 1.29 is 36.2 Å². The van der Waals surface area contributed by atoms with Crippen molar-refractivity contribution in [2.45, 2.75) is 43.0 Å². The monoisotopic (exact) mass is 501 g/mol. The second kappa shape index (κ2) is 10.5. The lowest BCUT2D eigenvalue weighted by Gasteiger charge is -2.28. The molecule has 8 nitrogen and oxygen atoms in total. The van der Waals surface area contributed by atoms with Crippen LogP contribution in [0, 0.1) is 0 Å². The summed E-state index contributed by atoms with van der Waals surface area (Å²) in [6.45, 7) is 3.00. The maximum absolute atomic E-state index is 12.3. The van der Waals surface area contributed by atoms with Gasteiger partial charge in [0.1, 0.15) is 11.9 Å². The molecule has 1 fully saturated rings. The Kier molecular flexibility index (Phi) is 8.51. The predicted molar refractivity (Wildman–Crippen MR) is 109 cm³/mol. The van der Waals surface area contributed by atoms with E-state index in [-0.39, 0.29) is 16.0 Å². The second-order valence-electron chi connectivity index (χ2n) is 6.46. The van der Waals surface area contributed by atoms with E-state index in [2.05, 4.69) is 21.9 Å². The first kappa shape index (κ1) is 25.2. The highest BCUT2D eigenvalue weighted by molar-refractivity contribution is 7.93. The molecule has 2 atom stereocenters. The van der Waals surface area contributed by atoms with E-state index in [1.165, 1.54) is 29.7 Å². The van der Waals surface area contributed by atoms with Gasteiger partial charge in [-0.3, -0.25) is 4.72 Å². The zero-order chi connectivity index (χ0) is 23.2. The minimum absolute atomic E-state index is 0.0775. The molecule has 172 valence electrons. The molecule has 1 saturated heterocycles. The van der Waals surface area contributed by atoms with Crippen LogP contribution in [0.15, 0.2) is 34.7 Å². The quantitative estimate of drug-likeness (QED) is 0.571. The molecule has 0 spiro atoms. The topological polar surface area (TPSA) is 118 Å². The van der Waals surface area contributed by atoms with Gasteiger partial charge in [0.25, 0.3) is 10.0 Å². The number of piperidine rings is 1. The number of alkyl halides is 3. The summed E-state index contributed by atoms with van der Waals surface area (Å²) in [6, 6.07) is 4.88. The largest absolute Gasteiger partial charge is 0.490 e. The summed E-state index contributed by atoms with van der Waals surface area (Å²) in [7, 11) is -3.72. The lowest BCUT2D eigenvalue weighted by atomic mass is 10.0. The summed E-state index contributed by atoms with van der Waals surface area (Å²) < 4.78 is 64.8. The summed E-state index contributed by atoms with van der Waals surface area (Å²) >= 11 is 7.44. The standard InChI is InChI=1S/C15H18ClN3O3S2.C2HF3O2/c1-10-8-11(4-5-17-10)22-14-3-2-12(9-13(14)16)24(20,21)19-15-18-6-7-23-15;3-2(4,5)1(6)7/h2-3,6-7,9-11,17H,4-5,8H2,1H3,(H,18,19);(H,6,7)/t10-,11+;/m1./s1. The lowest BCUT2D eigenvalue weighted by Crippen LogP contribution is -2.40. The van der Waals surface area contributed by atoms with Gasteiger partial charge >= 0.3 is 12.1 Å². The van der Waals surface area contributed by atoms with E-state index in [9.17, 15) is 21.6 Å². The van der Waals surface area contributed by atoms with Crippen LogP contribution >= 0.6 is 22.9 Å². The van der Waals surface area contributed by atoms with Gasteiger partial charge in [0.15, 0.2) is 5.13 Å². The molecule has 31 heavy (non-hydrogen) atoms. The fourth-order valence-electron chi connectivity index (χ4n) is 2.56. The molecule has 0 aliphatic carbocycles. The molecular weight excluding hydrogens is 483 g/mol. The molecule has 1 aliphatic heterocycles. The zero-order valence-electron chi connectivity index (χ0n) is 16.0. The van der Waals surface area contributed by atoms with E-state index in [0.29, 0.717) is 16.9 Å². The zero-order valence-corrected chi connectivity index (χ0v) is 18.4. The molecule has 0 radical (unpaired) electrons. The highest BCUT2D eigenvalue weighted by Crippen LogP contribution is 2.30. The van der Waals surface area contributed by atoms with Crippen LogP contribution < -0.4 is 14.8 Å². The molecule has 1 aliphatic rings. The van der Waals surface area contributed by atoms with Crippen molar-refractivity contribution >= 4 is 44.1 Å². The Labute approximate surface area is 185 Å². The molecule has 0 bridgehead atoms. The Bertz CT molecular complexity index is 987. The number of hydrogen-bond acceptors (Lipinski definition) is 7. The Morgan fingerprint density at radius 2 is 2.10 bits per heavy atom. The predicted octanol–water partition coefficient (Wildman–Crippen LogP) is 3.75. The summed E-state index contributed by atoms with van der Waals surface area (Å²) in [6.07, 6.45) is -1.68. The Hall–Kier alpha value is -2.09. The van der Waals surface area contributed by atoms with Gasteiger partial charge in [-0.05, 0) is 44.5 Å². The molecule has 3 N–H and O–H groups in total. The fourth-order valence-corrected chi connectivity index (χ4v) is 4.67. The fraction of sp³-hybridized carbons (Fsp3) is 0.412. The van der Waals surface area contributed by atoms with Crippen molar-refractivity contribution in [2.75, 3.05) is 11.3 Å². The molecule has 0 unspecified atom stereocenters. The third-order valence-electron chi connectivity index (χ3n) is 3.98. The third kappa shape index (κ3) is 7.83. The Morgan fingerprint density at radius 1 is 1.42 bits per heavy atom. The molecule has 1 aromatic carbocycles. The molecule has 2 heterocycles. The number of halogens is 4. The number of rotatable bonds is 5. The molecule has 14 heteroatoms. The lowest BCUT2D eigenvalue weighted by molar-refractivity contribution is -0.192. The highest BCUT2D eigenvalue weighted by Gasteiger charge is 2.38. The van der Waals surface area contributed by atoms with Crippen LogP contribution in [0.25, 0.3) is 0 Å². The van der Waals surface area contributed by atoms with Crippen LogP contribution in [0.3, 0.4) is 0 Å². The highest BCUT2D eigenvalue weighted by atomic mass is 35.5. The number of nitrogens with zero attached hydrogens (tertiary/aromatic N) is 1. The van der Waals surface area contributed by atoms with Gasteiger partial charge in [-0.1, -0.05) is 11.6 Å². The number of ether oxygens (including phenoxy) is 1. The van der Waals surface area contributed by atoms with Crippen LogP contribution in [0.1, 0.15) is 19.8 Å². The maximum atomic E-state index is 12.3. The number of benzene rings is 1. The number of anilines is 1. The minimum atomic E-state index is -5.08. The summed E-state index contributed by atoms with van der Waals surface area (Å²) in [5.41, 5.74) is 0. The molecule has 0 saturated carbocycles. The van der Waals surface area contributed by atoms with Crippen molar-refractivity contribution in [3.63, 3.8) is 0 Å². The number of aliphatic carboxylic acids is 1. The molecule has 0 amide bonds. The van der Waals surface area contributed by atoms with Crippen LogP contribution in [-0.2, 0) is 14.8 Å². The minimum Gasteiger partial charge on any atom is -0.489 e. The van der Waals surface area contributed by atoms with E-state index in [4.69, 9.17) is 26.2 Å². The van der Waals surface area contributed by atoms with E-state index in [0.717, 1.165) is 19.4 Å². The first-order chi connectivity index (χ1) is 14.4. The molecule has 3 rings (SSSR count). The van der Waals surface area contributed by atoms with Crippen LogP contribution in [0.4, 0.5) is 18.3 Å². The maximum Gasteiger partial charge on any atom is 0.490 e. The average molecular weight is 502 g/mol. The number of sulfonamides is 1. The van der Waals surface area contributed by atoms with Crippen molar-refractivity contribution in [1.29, 1.82) is 0 Å². The first-order valence-corrected chi connectivity index (χ1v) is 11.5. The molecule has 1 aromatic heterocycles. The average Bonchev–Trinajstić information content (AvgIpc) is 3.15. The van der Waals surface area contributed by atoms with Gasteiger partial charge in [0, 0.05) is 17.6 Å². The second-order valence-corrected chi connectivity index (χ2v) is 9.44. The number of aromatic nitrogens is 1. The SMILES string of the molecule is C[C@@H]1C[C@@H](Oc2ccc(S(=O)(=O)Nc3nccs3)cc2Cl)CCN1.O=C(O)C(F)(F)F. The van der Waals surface area contributed by atoms with E-state index in [1.807, 2.05) is 0 Å². The van der Waals surface area contributed by atoms with Crippen molar-refractivity contribution in [1.82, 2.24) is 10.3 Å². The van der Waals surface area contributed by atoms with Gasteiger partial charge in [-0.15, -0.1) is 11.3 Å². The van der Waals surface area contributed by atoms with Gasteiger partial charge in [0.05, 0.1) is 9.92 Å². The van der Waals surface area contributed by atoms with E-state index < -0.39 is 22.2 Å².